The van der Waals surface area contributed by atoms with Crippen molar-refractivity contribution in [1.82, 2.24) is 24.1 Å². The van der Waals surface area contributed by atoms with Gasteiger partial charge in [0, 0.05) is 39.7 Å². The molecule has 0 amide bonds. The van der Waals surface area contributed by atoms with Crippen LogP contribution in [-0.2, 0) is 5.41 Å². The van der Waals surface area contributed by atoms with Crippen LogP contribution in [0, 0.1) is 6.33 Å². The first-order valence-electron chi connectivity index (χ1n) is 27.5. The summed E-state index contributed by atoms with van der Waals surface area (Å²) in [5.41, 5.74) is 21.4. The molecule has 81 heavy (non-hydrogen) atoms. The number of imidazole rings is 1. The van der Waals surface area contributed by atoms with E-state index >= 15 is 0 Å². The minimum absolute atomic E-state index is 0.0535. The Bertz CT molecular complexity index is 4710. The van der Waals surface area contributed by atoms with Gasteiger partial charge in [-0.1, -0.05) is 215 Å². The fourth-order valence-electron chi connectivity index (χ4n) is 12.1. The number of benzene rings is 10. The maximum atomic E-state index is 7.05. The summed E-state index contributed by atoms with van der Waals surface area (Å²) >= 11 is 0. The summed E-state index contributed by atoms with van der Waals surface area (Å²) in [6, 6.07) is 88.1. The largest absolute Gasteiger partial charge is 0.458 e. The molecule has 0 saturated carbocycles. The van der Waals surface area contributed by atoms with Crippen molar-refractivity contribution in [1.29, 1.82) is 0 Å². The third kappa shape index (κ3) is 8.04. The van der Waals surface area contributed by atoms with Crippen LogP contribution in [0.5, 0.6) is 11.5 Å². The van der Waals surface area contributed by atoms with E-state index in [0.29, 0.717) is 11.5 Å². The average molecular weight is 1040 g/mol. The Balaban J connectivity index is 1.02. The summed E-state index contributed by atoms with van der Waals surface area (Å²) in [4.78, 5) is 15.3. The van der Waals surface area contributed by atoms with Crippen LogP contribution < -0.4 is 9.30 Å². The van der Waals surface area contributed by atoms with Crippen LogP contribution in [-0.4, -0.2) is 24.1 Å². The quantitative estimate of drug-likeness (QED) is 0.112. The molecule has 0 saturated heterocycles. The van der Waals surface area contributed by atoms with Crippen molar-refractivity contribution < 1.29 is 9.30 Å². The predicted octanol–water partition coefficient (Wildman–Crippen LogP) is 18.1. The van der Waals surface area contributed by atoms with Gasteiger partial charge in [0.2, 0.25) is 0 Å². The van der Waals surface area contributed by atoms with E-state index in [-0.39, 0.29) is 5.41 Å². The Hall–Kier alpha value is -10.5. The molecule has 5 heterocycles. The van der Waals surface area contributed by atoms with E-state index < -0.39 is 0 Å². The number of fused-ring (bicyclic) bond motifs is 10. The highest BCUT2D eigenvalue weighted by molar-refractivity contribution is 6.10. The number of para-hydroxylation sites is 2. The van der Waals surface area contributed by atoms with Gasteiger partial charge in [-0.05, 0) is 110 Å². The number of rotatable bonds is 8. The number of aromatic nitrogens is 6. The fraction of sp³-hybridized carbons (Fsp3) is 0.0541. The predicted molar refractivity (Wildman–Crippen MR) is 328 cm³/mol. The topological polar surface area (TPSA) is 61.6 Å². The lowest BCUT2D eigenvalue weighted by molar-refractivity contribution is -0.570. The maximum absolute atomic E-state index is 7.05. The normalized spacial score (nSPS) is 11.9. The van der Waals surface area contributed by atoms with E-state index in [1.165, 1.54) is 5.56 Å². The lowest BCUT2D eigenvalue weighted by Crippen LogP contribution is -2.32. The molecule has 0 unspecified atom stereocenters. The smallest absolute Gasteiger partial charge is 0.269 e. The van der Waals surface area contributed by atoms with Crippen LogP contribution in [0.1, 0.15) is 26.3 Å². The number of ether oxygens (including phenoxy) is 1. The van der Waals surface area contributed by atoms with Gasteiger partial charge in [-0.15, -0.1) is 0 Å². The molecule has 0 N–H and O–H groups in total. The second-order valence-electron chi connectivity index (χ2n) is 21.7. The summed E-state index contributed by atoms with van der Waals surface area (Å²) in [6.45, 7) is 6.72. The van der Waals surface area contributed by atoms with Crippen LogP contribution in [0.2, 0.25) is 0 Å². The number of hydrogen-bond donors (Lipinski definition) is 0. The molecule has 1 aliphatic rings. The highest BCUT2D eigenvalue weighted by Crippen LogP contribution is 2.49. The van der Waals surface area contributed by atoms with Crippen LogP contribution in [0.15, 0.2) is 261 Å². The minimum atomic E-state index is -0.0535. The van der Waals surface area contributed by atoms with Gasteiger partial charge in [0.05, 0.1) is 44.8 Å². The van der Waals surface area contributed by atoms with Crippen LogP contribution in [0.25, 0.3) is 128 Å². The average Bonchev–Trinajstić information content (AvgIpc) is 4.15. The van der Waals surface area contributed by atoms with E-state index in [0.717, 1.165) is 128 Å². The Morgan fingerprint density at radius 3 is 1.68 bits per heavy atom. The zero-order chi connectivity index (χ0) is 54.2. The van der Waals surface area contributed by atoms with Gasteiger partial charge < -0.3 is 4.74 Å². The van der Waals surface area contributed by atoms with Crippen molar-refractivity contribution in [3.63, 3.8) is 0 Å². The fourth-order valence-corrected chi connectivity index (χ4v) is 12.1. The molecule has 384 valence electrons. The lowest BCUT2D eigenvalue weighted by atomic mass is 9.87. The molecule has 0 bridgehead atoms. The van der Waals surface area contributed by atoms with Crippen molar-refractivity contribution in [3.05, 3.63) is 273 Å². The lowest BCUT2D eigenvalue weighted by Gasteiger charge is -2.20. The first-order chi connectivity index (χ1) is 39.8. The van der Waals surface area contributed by atoms with Crippen molar-refractivity contribution in [2.75, 3.05) is 0 Å². The summed E-state index contributed by atoms with van der Waals surface area (Å²) in [6.07, 6.45) is 7.71. The molecule has 14 aromatic rings. The number of hydrogen-bond acceptors (Lipinski definition) is 4. The first-order valence-corrected chi connectivity index (χ1v) is 27.5. The van der Waals surface area contributed by atoms with E-state index in [4.69, 9.17) is 19.7 Å². The maximum Gasteiger partial charge on any atom is 0.269 e. The van der Waals surface area contributed by atoms with E-state index in [1.54, 1.807) is 6.33 Å². The van der Waals surface area contributed by atoms with E-state index in [2.05, 4.69) is 271 Å². The van der Waals surface area contributed by atoms with Gasteiger partial charge in [0.1, 0.15) is 23.6 Å². The number of nitrogens with zero attached hydrogens (tertiary/aromatic N) is 6. The highest BCUT2D eigenvalue weighted by atomic mass is 16.5. The van der Waals surface area contributed by atoms with Gasteiger partial charge in [-0.25, -0.2) is 15.0 Å². The molecule has 7 nitrogen and oxygen atoms in total. The standard InChI is InChI=1S/C74H52N6O/c1-74(2,3)51-41-42-75-67(43-51)80-65-36-18-17-33-60(65)61-38-37-54(45-66(61)80)81-53-28-19-27-52(44-53)78-47-79-71-55(48-21-7-4-8-22-48)34-20-35-62(71)58-31-15-13-29-56(58)57-30-14-16-32-59(57)63-39-40-64(73(78)72(63)79)68-69(49-23-9-5-10-24-49)76-46-77-70(68)50-25-11-6-12-26-50/h4-46H,1-3H3. The molecule has 0 spiro atoms. The van der Waals surface area contributed by atoms with Crippen LogP contribution in [0.4, 0.5) is 0 Å². The van der Waals surface area contributed by atoms with E-state index in [1.807, 2.05) is 24.4 Å². The van der Waals surface area contributed by atoms with Crippen LogP contribution >= 0.6 is 0 Å². The van der Waals surface area contributed by atoms with Crippen molar-refractivity contribution in [2.45, 2.75) is 26.2 Å². The Morgan fingerprint density at radius 2 is 0.988 bits per heavy atom. The van der Waals surface area contributed by atoms with Crippen molar-refractivity contribution >= 4 is 32.8 Å². The SMILES string of the molecule is CC(C)(C)c1ccnc(-n2c3ccccc3c3ccc(Oc4cccc(-n5[c-][n+]6c7c(ccc(-c8c(-c9ccccc9)ncnc8-c8ccccc8)c75)-c5ccccc5-c5ccccc5-c5cccc(-c7ccccc7)c5-6)c4)cc32)c1. The third-order valence-electron chi connectivity index (χ3n) is 15.9. The molecule has 4 aromatic heterocycles. The Morgan fingerprint density at radius 1 is 0.432 bits per heavy atom. The summed E-state index contributed by atoms with van der Waals surface area (Å²) in [5.74, 6) is 2.24. The molecular formula is C74H52N6O. The molecule has 7 heteroatoms. The van der Waals surface area contributed by atoms with Crippen LogP contribution in [0.3, 0.4) is 0 Å². The van der Waals surface area contributed by atoms with Gasteiger partial charge in [-0.2, -0.15) is 0 Å². The second-order valence-corrected chi connectivity index (χ2v) is 21.7. The molecular weight excluding hydrogens is 989 g/mol. The molecule has 10 aromatic carbocycles. The molecule has 0 atom stereocenters. The second kappa shape index (κ2) is 19.1. The van der Waals surface area contributed by atoms with Crippen molar-refractivity contribution in [2.24, 2.45) is 0 Å². The summed E-state index contributed by atoms with van der Waals surface area (Å²) < 4.78 is 13.9. The zero-order valence-electron chi connectivity index (χ0n) is 44.9. The summed E-state index contributed by atoms with van der Waals surface area (Å²) in [7, 11) is 0. The highest BCUT2D eigenvalue weighted by Gasteiger charge is 2.30. The Kier molecular flexibility index (Phi) is 11.3. The van der Waals surface area contributed by atoms with Gasteiger partial charge in [0.15, 0.2) is 0 Å². The number of pyridine rings is 1. The zero-order valence-corrected chi connectivity index (χ0v) is 44.9. The minimum Gasteiger partial charge on any atom is -0.458 e. The van der Waals surface area contributed by atoms with Crippen molar-refractivity contribution in [3.8, 4) is 107 Å². The third-order valence-corrected chi connectivity index (χ3v) is 15.9. The monoisotopic (exact) mass is 1040 g/mol. The molecule has 15 rings (SSSR count). The molecule has 0 aliphatic carbocycles. The molecule has 0 fully saturated rings. The van der Waals surface area contributed by atoms with E-state index in [9.17, 15) is 0 Å². The molecule has 1 aliphatic heterocycles. The van der Waals surface area contributed by atoms with Gasteiger partial charge in [0.25, 0.3) is 6.33 Å². The van der Waals surface area contributed by atoms with Gasteiger partial charge >= 0.3 is 0 Å². The summed E-state index contributed by atoms with van der Waals surface area (Å²) in [5, 5.41) is 2.28. The van der Waals surface area contributed by atoms with Gasteiger partial charge in [-0.3, -0.25) is 13.7 Å². The first kappa shape index (κ1) is 47.7. The Labute approximate surface area is 470 Å². The molecule has 0 radical (unpaired) electrons.